The Bertz CT molecular complexity index is 658. The molecule has 0 fully saturated rings. The summed E-state index contributed by atoms with van der Waals surface area (Å²) in [4.78, 5) is 0.248. The summed E-state index contributed by atoms with van der Waals surface area (Å²) in [7, 11) is -3.61. The van der Waals surface area contributed by atoms with E-state index < -0.39 is 10.1 Å². The second-order valence-electron chi connectivity index (χ2n) is 9.60. The maximum absolute atomic E-state index is 12.1. The Labute approximate surface area is 205 Å². The fourth-order valence-corrected chi connectivity index (χ4v) is 5.14. The molecule has 0 saturated heterocycles. The van der Waals surface area contributed by atoms with Gasteiger partial charge in [0.25, 0.3) is 10.1 Å². The average molecular weight is 482 g/mol. The van der Waals surface area contributed by atoms with E-state index in [0.717, 1.165) is 24.9 Å². The molecule has 0 bridgehead atoms. The lowest BCUT2D eigenvalue weighted by molar-refractivity contribution is 0.306. The van der Waals surface area contributed by atoms with E-state index in [4.69, 9.17) is 9.92 Å². The van der Waals surface area contributed by atoms with Crippen molar-refractivity contribution in [2.24, 2.45) is 5.73 Å². The molecule has 1 aromatic rings. The molecular formula is C28H51NO3S. The molecular weight excluding hydrogens is 430 g/mol. The van der Waals surface area contributed by atoms with Crippen LogP contribution in [0.4, 0.5) is 0 Å². The molecule has 0 radical (unpaired) electrons. The van der Waals surface area contributed by atoms with Crippen LogP contribution in [-0.4, -0.2) is 21.6 Å². The zero-order valence-corrected chi connectivity index (χ0v) is 22.2. The zero-order valence-electron chi connectivity index (χ0n) is 21.4. The smallest absolute Gasteiger partial charge is 0.296 e. The van der Waals surface area contributed by atoms with Crippen LogP contribution in [0, 0.1) is 6.92 Å². The third kappa shape index (κ3) is 17.2. The highest BCUT2D eigenvalue weighted by molar-refractivity contribution is 7.86. The van der Waals surface area contributed by atoms with Gasteiger partial charge in [-0.05, 0) is 38.4 Å². The maximum atomic E-state index is 12.1. The van der Waals surface area contributed by atoms with E-state index in [2.05, 4.69) is 0 Å². The Hall–Kier alpha value is -0.910. The minimum absolute atomic E-state index is 0.248. The van der Waals surface area contributed by atoms with Gasteiger partial charge in [-0.3, -0.25) is 4.18 Å². The molecule has 1 aromatic carbocycles. The molecule has 0 spiro atoms. The first-order valence-electron chi connectivity index (χ1n) is 13.7. The second-order valence-corrected chi connectivity index (χ2v) is 11.2. The van der Waals surface area contributed by atoms with E-state index in [0.29, 0.717) is 0 Å². The molecule has 0 aliphatic heterocycles. The topological polar surface area (TPSA) is 69.4 Å². The summed E-state index contributed by atoms with van der Waals surface area (Å²) in [5, 5.41) is 0. The number of benzene rings is 1. The first kappa shape index (κ1) is 30.1. The maximum Gasteiger partial charge on any atom is 0.296 e. The van der Waals surface area contributed by atoms with Crippen LogP contribution in [0.3, 0.4) is 0 Å². The van der Waals surface area contributed by atoms with Crippen molar-refractivity contribution in [2.45, 2.75) is 134 Å². The number of nitrogens with two attached hydrogens (primary N) is 1. The molecule has 2 N–H and O–H groups in total. The highest BCUT2D eigenvalue weighted by Crippen LogP contribution is 2.16. The van der Waals surface area contributed by atoms with Gasteiger partial charge < -0.3 is 5.73 Å². The third-order valence-corrected chi connectivity index (χ3v) is 7.72. The summed E-state index contributed by atoms with van der Waals surface area (Å²) < 4.78 is 29.4. The van der Waals surface area contributed by atoms with Gasteiger partial charge in [0.1, 0.15) is 0 Å². The SMILES string of the molecule is Cc1ccc(S(=O)(=O)OCCCCCCCCCCCCCCCCCCCCCN)cc1. The average Bonchev–Trinajstić information content (AvgIpc) is 2.80. The van der Waals surface area contributed by atoms with Crippen molar-refractivity contribution in [3.63, 3.8) is 0 Å². The molecule has 5 heteroatoms. The lowest BCUT2D eigenvalue weighted by Gasteiger charge is -2.06. The first-order valence-corrected chi connectivity index (χ1v) is 15.1. The summed E-state index contributed by atoms with van der Waals surface area (Å²) in [6.45, 7) is 3.07. The van der Waals surface area contributed by atoms with Gasteiger partial charge in [-0.1, -0.05) is 127 Å². The van der Waals surface area contributed by atoms with Crippen molar-refractivity contribution in [1.82, 2.24) is 0 Å². The first-order chi connectivity index (χ1) is 16.1. The summed E-state index contributed by atoms with van der Waals surface area (Å²) in [5.74, 6) is 0. The lowest BCUT2D eigenvalue weighted by Crippen LogP contribution is -2.07. The normalized spacial score (nSPS) is 11.8. The molecule has 33 heavy (non-hydrogen) atoms. The van der Waals surface area contributed by atoms with Crippen molar-refractivity contribution >= 4 is 10.1 Å². The van der Waals surface area contributed by atoms with E-state index >= 15 is 0 Å². The van der Waals surface area contributed by atoms with E-state index in [1.165, 1.54) is 109 Å². The van der Waals surface area contributed by atoms with Crippen LogP contribution in [0.15, 0.2) is 29.2 Å². The van der Waals surface area contributed by atoms with Gasteiger partial charge in [0.05, 0.1) is 11.5 Å². The van der Waals surface area contributed by atoms with E-state index in [-0.39, 0.29) is 11.5 Å². The number of hydrogen-bond donors (Lipinski definition) is 1. The van der Waals surface area contributed by atoms with Crippen LogP contribution in [-0.2, 0) is 14.3 Å². The second kappa shape index (κ2) is 20.5. The quantitative estimate of drug-likeness (QED) is 0.127. The monoisotopic (exact) mass is 481 g/mol. The molecule has 0 atom stereocenters. The molecule has 1 rings (SSSR count). The summed E-state index contributed by atoms with van der Waals surface area (Å²) in [6.07, 6.45) is 24.8. The Balaban J connectivity index is 1.79. The highest BCUT2D eigenvalue weighted by Gasteiger charge is 2.14. The third-order valence-electron chi connectivity index (χ3n) is 6.40. The Morgan fingerprint density at radius 2 is 0.909 bits per heavy atom. The van der Waals surface area contributed by atoms with Gasteiger partial charge in [-0.2, -0.15) is 8.42 Å². The summed E-state index contributed by atoms with van der Waals surface area (Å²) in [6, 6.07) is 6.81. The van der Waals surface area contributed by atoms with Crippen LogP contribution >= 0.6 is 0 Å². The molecule has 0 aliphatic carbocycles. The molecule has 192 valence electrons. The van der Waals surface area contributed by atoms with Crippen LogP contribution in [0.2, 0.25) is 0 Å². The molecule has 4 nitrogen and oxygen atoms in total. The van der Waals surface area contributed by atoms with Crippen molar-refractivity contribution in [3.05, 3.63) is 29.8 Å². The van der Waals surface area contributed by atoms with Gasteiger partial charge in [0.15, 0.2) is 0 Å². The largest absolute Gasteiger partial charge is 0.330 e. The van der Waals surface area contributed by atoms with E-state index in [1.807, 2.05) is 6.92 Å². The standard InChI is InChI=1S/C28H51NO3S/c1-27-21-23-28(24-22-27)33(30,31)32-26-20-18-16-14-12-10-8-6-4-2-3-5-7-9-11-13-15-17-19-25-29/h21-24H,2-20,25-26,29H2,1H3. The molecule has 0 amide bonds. The van der Waals surface area contributed by atoms with Crippen molar-refractivity contribution < 1.29 is 12.6 Å². The summed E-state index contributed by atoms with van der Waals surface area (Å²) >= 11 is 0. The van der Waals surface area contributed by atoms with Crippen LogP contribution in [0.1, 0.15) is 128 Å². The summed E-state index contributed by atoms with van der Waals surface area (Å²) in [5.41, 5.74) is 6.56. The van der Waals surface area contributed by atoms with Gasteiger partial charge in [0, 0.05) is 0 Å². The number of hydrogen-bond acceptors (Lipinski definition) is 4. The van der Waals surface area contributed by atoms with Gasteiger partial charge in [-0.25, -0.2) is 0 Å². The van der Waals surface area contributed by atoms with Gasteiger partial charge in [0.2, 0.25) is 0 Å². The minimum Gasteiger partial charge on any atom is -0.330 e. The Kier molecular flexibility index (Phi) is 18.7. The number of aryl methyl sites for hydroxylation is 1. The Morgan fingerprint density at radius 3 is 1.27 bits per heavy atom. The molecule has 0 unspecified atom stereocenters. The van der Waals surface area contributed by atoms with Crippen molar-refractivity contribution in [3.8, 4) is 0 Å². The van der Waals surface area contributed by atoms with Crippen LogP contribution in [0.5, 0.6) is 0 Å². The lowest BCUT2D eigenvalue weighted by atomic mass is 10.0. The van der Waals surface area contributed by atoms with Gasteiger partial charge >= 0.3 is 0 Å². The van der Waals surface area contributed by atoms with Crippen molar-refractivity contribution in [1.29, 1.82) is 0 Å². The van der Waals surface area contributed by atoms with Crippen LogP contribution < -0.4 is 5.73 Å². The Morgan fingerprint density at radius 1 is 0.576 bits per heavy atom. The van der Waals surface area contributed by atoms with Crippen molar-refractivity contribution in [2.75, 3.05) is 13.2 Å². The van der Waals surface area contributed by atoms with Crippen LogP contribution in [0.25, 0.3) is 0 Å². The predicted molar refractivity (Wildman–Crippen MR) is 141 cm³/mol. The molecule has 0 aliphatic rings. The minimum atomic E-state index is -3.61. The molecule has 0 saturated carbocycles. The van der Waals surface area contributed by atoms with E-state index in [1.54, 1.807) is 24.3 Å². The molecule has 0 aromatic heterocycles. The molecule has 0 heterocycles. The van der Waals surface area contributed by atoms with E-state index in [9.17, 15) is 8.42 Å². The van der Waals surface area contributed by atoms with Gasteiger partial charge in [-0.15, -0.1) is 0 Å². The zero-order chi connectivity index (χ0) is 24.0. The number of unbranched alkanes of at least 4 members (excludes halogenated alkanes) is 18. The fourth-order valence-electron chi connectivity index (χ4n) is 4.19. The predicted octanol–water partition coefficient (Wildman–Crippen LogP) is 8.07. The fraction of sp³-hybridized carbons (Fsp3) is 0.786. The number of rotatable bonds is 23. The highest BCUT2D eigenvalue weighted by atomic mass is 32.2.